The van der Waals surface area contributed by atoms with Crippen molar-refractivity contribution in [1.29, 1.82) is 0 Å². The van der Waals surface area contributed by atoms with Crippen LogP contribution in [0.1, 0.15) is 19.8 Å². The molecule has 1 aromatic rings. The summed E-state index contributed by atoms with van der Waals surface area (Å²) in [4.78, 5) is 10.7. The summed E-state index contributed by atoms with van der Waals surface area (Å²) in [7, 11) is 0. The van der Waals surface area contributed by atoms with E-state index in [0.717, 1.165) is 31.5 Å². The summed E-state index contributed by atoms with van der Waals surface area (Å²) >= 11 is 0. The highest BCUT2D eigenvalue weighted by Gasteiger charge is 2.27. The minimum atomic E-state index is 0.435. The molecule has 0 amide bonds. The quantitative estimate of drug-likeness (QED) is 0.477. The monoisotopic (exact) mass is 236 g/mol. The molecule has 0 aliphatic heterocycles. The molecule has 0 radical (unpaired) electrons. The van der Waals surface area contributed by atoms with Gasteiger partial charge < -0.3 is 5.32 Å². The summed E-state index contributed by atoms with van der Waals surface area (Å²) in [5.41, 5.74) is 2.43. The van der Waals surface area contributed by atoms with Gasteiger partial charge in [0.2, 0.25) is 5.95 Å². The van der Waals surface area contributed by atoms with Crippen molar-refractivity contribution >= 4 is 11.8 Å². The highest BCUT2D eigenvalue weighted by Crippen LogP contribution is 2.25. The van der Waals surface area contributed by atoms with Crippen LogP contribution in [0.5, 0.6) is 0 Å². The molecular formula is C11H20N6. The number of nitrogens with zero attached hydrogens (tertiary/aromatic N) is 3. The van der Waals surface area contributed by atoms with Crippen LogP contribution >= 0.6 is 0 Å². The Labute approximate surface area is 102 Å². The largest absolute Gasteiger partial charge is 0.369 e. The standard InChI is InChI=1S/C11H20N6/c1-2-17(9-3-4-9)8-7-13-10-5-6-14-11(15-10)16-12/h5-6,9H,2-4,7-8,12H2,1H3,(H2,13,14,15,16). The first-order chi connectivity index (χ1) is 8.33. The van der Waals surface area contributed by atoms with Crippen molar-refractivity contribution in [1.82, 2.24) is 14.9 Å². The van der Waals surface area contributed by atoms with Crippen molar-refractivity contribution in [3.05, 3.63) is 12.3 Å². The van der Waals surface area contributed by atoms with Gasteiger partial charge in [0.1, 0.15) is 5.82 Å². The van der Waals surface area contributed by atoms with E-state index in [0.29, 0.717) is 5.95 Å². The molecule has 1 aromatic heterocycles. The molecule has 1 aliphatic carbocycles. The van der Waals surface area contributed by atoms with Crippen molar-refractivity contribution in [2.75, 3.05) is 30.4 Å². The lowest BCUT2D eigenvalue weighted by atomic mass is 10.4. The molecule has 2 rings (SSSR count). The molecule has 0 saturated heterocycles. The third-order valence-corrected chi connectivity index (χ3v) is 2.96. The van der Waals surface area contributed by atoms with Crippen molar-refractivity contribution in [2.24, 2.45) is 5.84 Å². The number of hydrogen-bond donors (Lipinski definition) is 3. The third kappa shape index (κ3) is 3.54. The van der Waals surface area contributed by atoms with Gasteiger partial charge in [-0.3, -0.25) is 10.3 Å². The summed E-state index contributed by atoms with van der Waals surface area (Å²) in [6, 6.07) is 2.65. The van der Waals surface area contributed by atoms with Crippen LogP contribution in [0.2, 0.25) is 0 Å². The van der Waals surface area contributed by atoms with Crippen LogP contribution in [0.25, 0.3) is 0 Å². The smallest absolute Gasteiger partial charge is 0.239 e. The average Bonchev–Trinajstić information content (AvgIpc) is 3.19. The summed E-state index contributed by atoms with van der Waals surface area (Å²) < 4.78 is 0. The number of nitrogen functional groups attached to an aromatic ring is 1. The minimum Gasteiger partial charge on any atom is -0.369 e. The molecule has 0 aromatic carbocycles. The summed E-state index contributed by atoms with van der Waals surface area (Å²) in [6.45, 7) is 5.27. The molecule has 0 unspecified atom stereocenters. The zero-order chi connectivity index (χ0) is 12.1. The van der Waals surface area contributed by atoms with Crippen molar-refractivity contribution < 1.29 is 0 Å². The Kier molecular flexibility index (Phi) is 4.11. The van der Waals surface area contributed by atoms with Crippen LogP contribution in [0.4, 0.5) is 11.8 Å². The van der Waals surface area contributed by atoms with Gasteiger partial charge in [-0.25, -0.2) is 10.8 Å². The van der Waals surface area contributed by atoms with E-state index < -0.39 is 0 Å². The van der Waals surface area contributed by atoms with Crippen LogP contribution in [-0.4, -0.2) is 40.5 Å². The van der Waals surface area contributed by atoms with E-state index in [2.05, 4.69) is 32.5 Å². The Bertz CT molecular complexity index is 352. The maximum atomic E-state index is 5.25. The molecule has 1 saturated carbocycles. The lowest BCUT2D eigenvalue weighted by Gasteiger charge is -2.19. The number of likely N-dealkylation sites (N-methyl/N-ethyl adjacent to an activating group) is 1. The fraction of sp³-hybridized carbons (Fsp3) is 0.636. The fourth-order valence-electron chi connectivity index (χ4n) is 1.89. The highest BCUT2D eigenvalue weighted by atomic mass is 15.3. The molecule has 0 spiro atoms. The van der Waals surface area contributed by atoms with Gasteiger partial charge >= 0.3 is 0 Å². The van der Waals surface area contributed by atoms with Gasteiger partial charge in [-0.15, -0.1) is 0 Å². The summed E-state index contributed by atoms with van der Waals surface area (Å²) in [6.07, 6.45) is 4.38. The predicted molar refractivity (Wildman–Crippen MR) is 68.6 cm³/mol. The molecule has 17 heavy (non-hydrogen) atoms. The lowest BCUT2D eigenvalue weighted by Crippen LogP contribution is -2.31. The number of hydrogen-bond acceptors (Lipinski definition) is 6. The van der Waals surface area contributed by atoms with Gasteiger partial charge in [-0.1, -0.05) is 6.92 Å². The second-order valence-corrected chi connectivity index (χ2v) is 4.20. The first kappa shape index (κ1) is 12.1. The van der Waals surface area contributed by atoms with Crippen LogP contribution in [0.3, 0.4) is 0 Å². The van der Waals surface area contributed by atoms with Gasteiger partial charge in [-0.05, 0) is 25.5 Å². The number of aromatic nitrogens is 2. The van der Waals surface area contributed by atoms with Crippen molar-refractivity contribution in [3.63, 3.8) is 0 Å². The summed E-state index contributed by atoms with van der Waals surface area (Å²) in [5.74, 6) is 6.49. The molecule has 1 aliphatic rings. The zero-order valence-electron chi connectivity index (χ0n) is 10.2. The van der Waals surface area contributed by atoms with E-state index in [9.17, 15) is 0 Å². The fourth-order valence-corrected chi connectivity index (χ4v) is 1.89. The van der Waals surface area contributed by atoms with Gasteiger partial charge in [0.15, 0.2) is 0 Å². The van der Waals surface area contributed by atoms with Crippen LogP contribution in [0, 0.1) is 0 Å². The van der Waals surface area contributed by atoms with Crippen LogP contribution in [-0.2, 0) is 0 Å². The van der Waals surface area contributed by atoms with Gasteiger partial charge in [0, 0.05) is 25.3 Å². The first-order valence-electron chi connectivity index (χ1n) is 6.11. The van der Waals surface area contributed by atoms with E-state index in [-0.39, 0.29) is 0 Å². The number of rotatable bonds is 7. The maximum Gasteiger partial charge on any atom is 0.239 e. The molecule has 4 N–H and O–H groups in total. The SMILES string of the molecule is CCN(CCNc1ccnc(NN)n1)C1CC1. The molecule has 6 nitrogen and oxygen atoms in total. The van der Waals surface area contributed by atoms with Crippen LogP contribution < -0.4 is 16.6 Å². The number of anilines is 2. The molecule has 6 heteroatoms. The van der Waals surface area contributed by atoms with Gasteiger partial charge in [-0.2, -0.15) is 4.98 Å². The van der Waals surface area contributed by atoms with Gasteiger partial charge in [0.25, 0.3) is 0 Å². The first-order valence-corrected chi connectivity index (χ1v) is 6.11. The molecular weight excluding hydrogens is 216 g/mol. The Morgan fingerprint density at radius 3 is 3.00 bits per heavy atom. The molecule has 94 valence electrons. The number of nitrogens with two attached hydrogens (primary N) is 1. The summed E-state index contributed by atoms with van der Waals surface area (Å²) in [5, 5.41) is 3.28. The van der Waals surface area contributed by atoms with E-state index in [4.69, 9.17) is 5.84 Å². The maximum absolute atomic E-state index is 5.25. The van der Waals surface area contributed by atoms with Crippen molar-refractivity contribution in [2.45, 2.75) is 25.8 Å². The number of nitrogens with one attached hydrogen (secondary N) is 2. The number of hydrazine groups is 1. The van der Waals surface area contributed by atoms with E-state index >= 15 is 0 Å². The Morgan fingerprint density at radius 1 is 1.53 bits per heavy atom. The Balaban J connectivity index is 1.76. The average molecular weight is 236 g/mol. The van der Waals surface area contributed by atoms with Crippen molar-refractivity contribution in [3.8, 4) is 0 Å². The van der Waals surface area contributed by atoms with E-state index in [1.807, 2.05) is 6.07 Å². The van der Waals surface area contributed by atoms with Gasteiger partial charge in [0.05, 0.1) is 0 Å². The van der Waals surface area contributed by atoms with E-state index in [1.54, 1.807) is 6.20 Å². The topological polar surface area (TPSA) is 79.1 Å². The Morgan fingerprint density at radius 2 is 2.35 bits per heavy atom. The third-order valence-electron chi connectivity index (χ3n) is 2.96. The predicted octanol–water partition coefficient (Wildman–Crippen LogP) is 0.658. The lowest BCUT2D eigenvalue weighted by molar-refractivity contribution is 0.289. The highest BCUT2D eigenvalue weighted by molar-refractivity contribution is 5.38. The molecule has 1 fully saturated rings. The normalized spacial score (nSPS) is 15.0. The molecule has 1 heterocycles. The second kappa shape index (κ2) is 5.79. The molecule has 0 atom stereocenters. The minimum absolute atomic E-state index is 0.435. The second-order valence-electron chi connectivity index (χ2n) is 4.20. The Hall–Kier alpha value is -1.40. The molecule has 0 bridgehead atoms. The van der Waals surface area contributed by atoms with Crippen LogP contribution in [0.15, 0.2) is 12.3 Å². The van der Waals surface area contributed by atoms with E-state index in [1.165, 1.54) is 12.8 Å². The zero-order valence-corrected chi connectivity index (χ0v) is 10.2.